The number of hydrogen-bond acceptors (Lipinski definition) is 2. The van der Waals surface area contributed by atoms with Gasteiger partial charge in [0.25, 0.3) is 0 Å². The zero-order chi connectivity index (χ0) is 13.8. The molecule has 1 heterocycles. The number of rotatable bonds is 4. The van der Waals surface area contributed by atoms with Crippen molar-refractivity contribution >= 4 is 5.97 Å². The molecule has 1 fully saturated rings. The minimum Gasteiger partial charge on any atom is -0.430 e. The summed E-state index contributed by atoms with van der Waals surface area (Å²) in [5.74, 6) is 0.581. The lowest BCUT2D eigenvalue weighted by atomic mass is 9.92. The van der Waals surface area contributed by atoms with Crippen molar-refractivity contribution in [2.45, 2.75) is 12.8 Å². The molecule has 0 aliphatic carbocycles. The van der Waals surface area contributed by atoms with Gasteiger partial charge in [-0.3, -0.25) is 4.79 Å². The summed E-state index contributed by atoms with van der Waals surface area (Å²) in [4.78, 5) is 11.6. The molecule has 0 aromatic heterocycles. The molecule has 2 nitrogen and oxygen atoms in total. The number of ether oxygens (including phenoxy) is 1. The van der Waals surface area contributed by atoms with E-state index in [4.69, 9.17) is 4.74 Å². The first-order chi connectivity index (χ1) is 9.83. The second-order valence-electron chi connectivity index (χ2n) is 4.96. The van der Waals surface area contributed by atoms with Crippen molar-refractivity contribution in [3.63, 3.8) is 0 Å². The maximum atomic E-state index is 11.6. The fourth-order valence-electron chi connectivity index (χ4n) is 2.37. The first kappa shape index (κ1) is 12.7. The largest absolute Gasteiger partial charge is 0.430 e. The first-order valence-corrected chi connectivity index (χ1v) is 6.82. The molecule has 0 N–H and O–H groups in total. The van der Waals surface area contributed by atoms with E-state index in [2.05, 4.69) is 12.1 Å². The van der Waals surface area contributed by atoms with Crippen LogP contribution in [0.3, 0.4) is 0 Å². The van der Waals surface area contributed by atoms with Gasteiger partial charge in [-0.05, 0) is 30.0 Å². The summed E-state index contributed by atoms with van der Waals surface area (Å²) in [6.45, 7) is 0. The Morgan fingerprint density at radius 1 is 0.900 bits per heavy atom. The molecule has 2 aromatic carbocycles. The summed E-state index contributed by atoms with van der Waals surface area (Å²) >= 11 is 0. The Morgan fingerprint density at radius 2 is 1.50 bits per heavy atom. The molecule has 100 valence electrons. The lowest BCUT2D eigenvalue weighted by Crippen LogP contribution is -2.34. The van der Waals surface area contributed by atoms with Gasteiger partial charge >= 0.3 is 5.97 Å². The van der Waals surface area contributed by atoms with Gasteiger partial charge in [0.05, 0.1) is 0 Å². The van der Waals surface area contributed by atoms with Crippen LogP contribution in [0.2, 0.25) is 0 Å². The maximum Gasteiger partial charge on any atom is 0.322 e. The van der Waals surface area contributed by atoms with Crippen LogP contribution in [0.5, 0.6) is 0 Å². The Balaban J connectivity index is 1.67. The van der Waals surface area contributed by atoms with Gasteiger partial charge in [0.2, 0.25) is 0 Å². The van der Waals surface area contributed by atoms with E-state index in [0.29, 0.717) is 0 Å². The second kappa shape index (κ2) is 5.74. The molecule has 1 saturated heterocycles. The number of allylic oxidation sites excluding steroid dienone is 1. The molecule has 0 radical (unpaired) electrons. The van der Waals surface area contributed by atoms with Crippen molar-refractivity contribution in [3.05, 3.63) is 83.6 Å². The molecule has 0 saturated carbocycles. The van der Waals surface area contributed by atoms with Crippen LogP contribution in [0.1, 0.15) is 11.1 Å². The number of cyclic esters (lactones) is 1. The van der Waals surface area contributed by atoms with Crippen molar-refractivity contribution in [2.75, 3.05) is 0 Å². The van der Waals surface area contributed by atoms with Gasteiger partial charge in [-0.15, -0.1) is 0 Å². The standard InChI is InChI=1S/C18H16O2/c19-18-16(13-15-9-5-2-6-10-15)17(20-18)12-11-14-7-3-1-4-8-14/h1-10,12,16H,11,13H2/b17-12-/t16-/m1/s1. The smallest absolute Gasteiger partial charge is 0.322 e. The first-order valence-electron chi connectivity index (χ1n) is 6.82. The molecule has 3 rings (SSSR count). The molecular formula is C18H16O2. The third-order valence-corrected chi connectivity index (χ3v) is 3.51. The van der Waals surface area contributed by atoms with Crippen LogP contribution in [0.15, 0.2) is 72.5 Å². The summed E-state index contributed by atoms with van der Waals surface area (Å²) in [7, 11) is 0. The average molecular weight is 264 g/mol. The Morgan fingerprint density at radius 3 is 2.10 bits per heavy atom. The van der Waals surface area contributed by atoms with Gasteiger partial charge in [0, 0.05) is 0 Å². The summed E-state index contributed by atoms with van der Waals surface area (Å²) in [6, 6.07) is 20.2. The van der Waals surface area contributed by atoms with E-state index < -0.39 is 0 Å². The second-order valence-corrected chi connectivity index (χ2v) is 4.96. The Bertz CT molecular complexity index is 614. The third kappa shape index (κ3) is 2.80. The van der Waals surface area contributed by atoms with E-state index in [1.54, 1.807) is 0 Å². The lowest BCUT2D eigenvalue weighted by Gasteiger charge is -2.28. The predicted octanol–water partition coefficient (Wildman–Crippen LogP) is 3.53. The van der Waals surface area contributed by atoms with Crippen LogP contribution in [0, 0.1) is 5.92 Å². The zero-order valence-electron chi connectivity index (χ0n) is 11.2. The van der Waals surface area contributed by atoms with E-state index in [1.807, 2.05) is 54.6 Å². The van der Waals surface area contributed by atoms with Crippen LogP contribution in [0.4, 0.5) is 0 Å². The molecule has 1 aliphatic heterocycles. The number of benzene rings is 2. The summed E-state index contributed by atoms with van der Waals surface area (Å²) < 4.78 is 5.17. The van der Waals surface area contributed by atoms with Gasteiger partial charge in [0.1, 0.15) is 11.7 Å². The predicted molar refractivity (Wildman–Crippen MR) is 78.0 cm³/mol. The van der Waals surface area contributed by atoms with Crippen molar-refractivity contribution in [3.8, 4) is 0 Å². The lowest BCUT2D eigenvalue weighted by molar-refractivity contribution is -0.157. The van der Waals surface area contributed by atoms with E-state index in [0.717, 1.165) is 18.6 Å². The summed E-state index contributed by atoms with van der Waals surface area (Å²) in [6.07, 6.45) is 3.54. The minimum atomic E-state index is -0.117. The highest BCUT2D eigenvalue weighted by atomic mass is 16.6. The number of esters is 1. The summed E-state index contributed by atoms with van der Waals surface area (Å²) in [5, 5.41) is 0. The van der Waals surface area contributed by atoms with E-state index in [1.165, 1.54) is 11.1 Å². The van der Waals surface area contributed by atoms with Crippen LogP contribution in [-0.4, -0.2) is 5.97 Å². The fourth-order valence-corrected chi connectivity index (χ4v) is 2.37. The third-order valence-electron chi connectivity index (χ3n) is 3.51. The van der Waals surface area contributed by atoms with Gasteiger partial charge in [-0.1, -0.05) is 60.7 Å². The van der Waals surface area contributed by atoms with Crippen LogP contribution < -0.4 is 0 Å². The maximum absolute atomic E-state index is 11.6. The minimum absolute atomic E-state index is 0.110. The Hall–Kier alpha value is -2.35. The highest BCUT2D eigenvalue weighted by Gasteiger charge is 2.36. The highest BCUT2D eigenvalue weighted by Crippen LogP contribution is 2.30. The fraction of sp³-hybridized carbons (Fsp3) is 0.167. The molecule has 1 atom stereocenters. The number of hydrogen-bond donors (Lipinski definition) is 0. The monoisotopic (exact) mass is 264 g/mol. The number of carbonyl (C=O) groups is 1. The number of carbonyl (C=O) groups excluding carboxylic acids is 1. The van der Waals surface area contributed by atoms with Crippen LogP contribution >= 0.6 is 0 Å². The van der Waals surface area contributed by atoms with Crippen molar-refractivity contribution in [2.24, 2.45) is 5.92 Å². The molecule has 0 unspecified atom stereocenters. The van der Waals surface area contributed by atoms with Crippen molar-refractivity contribution in [1.82, 2.24) is 0 Å². The molecule has 2 heteroatoms. The molecule has 2 aromatic rings. The topological polar surface area (TPSA) is 26.3 Å². The van der Waals surface area contributed by atoms with Gasteiger partial charge < -0.3 is 4.74 Å². The van der Waals surface area contributed by atoms with E-state index >= 15 is 0 Å². The average Bonchev–Trinajstić information content (AvgIpc) is 2.51. The van der Waals surface area contributed by atoms with Crippen molar-refractivity contribution < 1.29 is 9.53 Å². The summed E-state index contributed by atoms with van der Waals surface area (Å²) in [5.41, 5.74) is 2.39. The molecule has 0 spiro atoms. The normalized spacial score (nSPS) is 19.5. The Labute approximate surface area is 118 Å². The van der Waals surface area contributed by atoms with E-state index in [9.17, 15) is 4.79 Å². The van der Waals surface area contributed by atoms with Gasteiger partial charge in [0.15, 0.2) is 0 Å². The van der Waals surface area contributed by atoms with Crippen LogP contribution in [0.25, 0.3) is 0 Å². The molecule has 0 bridgehead atoms. The van der Waals surface area contributed by atoms with Gasteiger partial charge in [-0.2, -0.15) is 0 Å². The highest BCUT2D eigenvalue weighted by molar-refractivity contribution is 5.83. The molecular weight excluding hydrogens is 248 g/mol. The quantitative estimate of drug-likeness (QED) is 0.790. The van der Waals surface area contributed by atoms with E-state index in [-0.39, 0.29) is 11.9 Å². The molecule has 0 amide bonds. The molecule has 1 aliphatic rings. The zero-order valence-corrected chi connectivity index (χ0v) is 11.2. The molecule has 20 heavy (non-hydrogen) atoms. The SMILES string of the molecule is O=C1O/C(=C\Cc2ccccc2)[C@H]1Cc1ccccc1. The van der Waals surface area contributed by atoms with Crippen molar-refractivity contribution in [1.29, 1.82) is 0 Å². The Kier molecular flexibility index (Phi) is 3.64. The van der Waals surface area contributed by atoms with Crippen LogP contribution in [-0.2, 0) is 22.4 Å². The van der Waals surface area contributed by atoms with Gasteiger partial charge in [-0.25, -0.2) is 0 Å².